The van der Waals surface area contributed by atoms with Gasteiger partial charge in [-0.05, 0) is 49.5 Å². The van der Waals surface area contributed by atoms with Crippen LogP contribution < -0.4 is 11.1 Å². The number of hydrogen-bond donors (Lipinski definition) is 5. The first-order chi connectivity index (χ1) is 13.2. The van der Waals surface area contributed by atoms with Crippen LogP contribution in [0.15, 0.2) is 47.2 Å². The third-order valence-electron chi connectivity index (χ3n) is 4.71. The summed E-state index contributed by atoms with van der Waals surface area (Å²) in [5, 5.41) is 27.4. The molecule has 1 aliphatic rings. The highest BCUT2D eigenvalue weighted by molar-refractivity contribution is 6.14. The largest absolute Gasteiger partial charge is 0.366 e. The van der Waals surface area contributed by atoms with Gasteiger partial charge in [0.2, 0.25) is 0 Å². The van der Waals surface area contributed by atoms with Crippen LogP contribution in [0.4, 0.5) is 5.69 Å². The van der Waals surface area contributed by atoms with Gasteiger partial charge in [-0.1, -0.05) is 6.08 Å². The smallest absolute Gasteiger partial charge is 0.158 e. The Kier molecular flexibility index (Phi) is 5.10. The average Bonchev–Trinajstić information content (AvgIpc) is 3.33. The molecule has 1 unspecified atom stereocenters. The van der Waals surface area contributed by atoms with Crippen molar-refractivity contribution in [1.29, 1.82) is 0 Å². The highest BCUT2D eigenvalue weighted by Crippen LogP contribution is 2.27. The Morgan fingerprint density at radius 2 is 2.30 bits per heavy atom. The van der Waals surface area contributed by atoms with Crippen molar-refractivity contribution < 1.29 is 5.11 Å². The molecule has 0 spiro atoms. The molecule has 0 saturated heterocycles. The molecule has 1 atom stereocenters. The van der Waals surface area contributed by atoms with E-state index in [-0.39, 0.29) is 0 Å². The lowest BCUT2D eigenvalue weighted by Gasteiger charge is -2.16. The number of nitrogens with zero attached hydrogens (tertiary/aromatic N) is 3. The van der Waals surface area contributed by atoms with Gasteiger partial charge in [-0.15, -0.1) is 0 Å². The van der Waals surface area contributed by atoms with Crippen molar-refractivity contribution in [3.05, 3.63) is 53.5 Å². The molecule has 6 N–H and O–H groups in total. The second-order valence-electron chi connectivity index (χ2n) is 6.65. The molecule has 0 saturated carbocycles. The maximum atomic E-state index is 9.32. The molecule has 0 radical (unpaired) electrons. The van der Waals surface area contributed by atoms with Crippen LogP contribution in [0.2, 0.25) is 0 Å². The van der Waals surface area contributed by atoms with E-state index in [1.165, 1.54) is 12.0 Å². The lowest BCUT2D eigenvalue weighted by molar-refractivity contribution is 0.142. The minimum Gasteiger partial charge on any atom is -0.366 e. The first-order valence-electron chi connectivity index (χ1n) is 9.12. The Morgan fingerprint density at radius 1 is 1.37 bits per heavy atom. The normalized spacial score (nSPS) is 16.5. The molecule has 0 fully saturated rings. The van der Waals surface area contributed by atoms with Gasteiger partial charge in [0.25, 0.3) is 0 Å². The summed E-state index contributed by atoms with van der Waals surface area (Å²) in [7, 11) is 0. The number of benzene rings is 1. The molecule has 0 bridgehead atoms. The maximum absolute atomic E-state index is 9.32. The molecule has 27 heavy (non-hydrogen) atoms. The van der Waals surface area contributed by atoms with Crippen LogP contribution in [0.3, 0.4) is 0 Å². The van der Waals surface area contributed by atoms with Gasteiger partial charge in [-0.2, -0.15) is 10.2 Å². The van der Waals surface area contributed by atoms with Crippen molar-refractivity contribution in [2.75, 3.05) is 0 Å². The summed E-state index contributed by atoms with van der Waals surface area (Å²) in [5.41, 5.74) is 11.1. The third kappa shape index (κ3) is 3.97. The predicted molar refractivity (Wildman–Crippen MR) is 104 cm³/mol. The molecule has 0 aliphatic heterocycles. The number of allylic oxidation sites excluding steroid dienone is 2. The minimum absolute atomic E-state index is 0.351. The second kappa shape index (κ2) is 7.83. The molecule has 8 nitrogen and oxygen atoms in total. The Hall–Kier alpha value is -2.81. The summed E-state index contributed by atoms with van der Waals surface area (Å²) < 4.78 is 0. The zero-order chi connectivity index (χ0) is 18.6. The highest BCUT2D eigenvalue weighted by Gasteiger charge is 2.18. The third-order valence-corrected chi connectivity index (χ3v) is 4.71. The minimum atomic E-state index is -1.09. The zero-order valence-corrected chi connectivity index (χ0v) is 14.9. The molecule has 140 valence electrons. The summed E-state index contributed by atoms with van der Waals surface area (Å²) in [6, 6.07) is 5.98. The van der Waals surface area contributed by atoms with Crippen LogP contribution in [-0.2, 0) is 6.54 Å². The van der Waals surface area contributed by atoms with Crippen molar-refractivity contribution >= 4 is 22.3 Å². The van der Waals surface area contributed by atoms with E-state index in [4.69, 9.17) is 10.7 Å². The monoisotopic (exact) mass is 365 g/mol. The fourth-order valence-electron chi connectivity index (χ4n) is 3.35. The van der Waals surface area contributed by atoms with Gasteiger partial charge in [0.1, 0.15) is 0 Å². The van der Waals surface area contributed by atoms with Crippen molar-refractivity contribution in [3.63, 3.8) is 0 Å². The number of rotatable bonds is 6. The lowest BCUT2D eigenvalue weighted by atomic mass is 9.92. The van der Waals surface area contributed by atoms with E-state index in [1.807, 2.05) is 24.4 Å². The second-order valence-corrected chi connectivity index (χ2v) is 6.65. The predicted octanol–water partition coefficient (Wildman–Crippen LogP) is 2.23. The Balaban J connectivity index is 1.75. The van der Waals surface area contributed by atoms with Crippen LogP contribution in [0.5, 0.6) is 0 Å². The lowest BCUT2D eigenvalue weighted by Crippen LogP contribution is -2.36. The fourth-order valence-corrected chi connectivity index (χ4v) is 3.35. The SMILES string of the molecule is NC(O)NCc1n[nH]cc1/C(=N/c1ccc2[nH]ncc2c1)C1=CCCCC1. The van der Waals surface area contributed by atoms with Crippen molar-refractivity contribution in [2.24, 2.45) is 10.7 Å². The van der Waals surface area contributed by atoms with Gasteiger partial charge in [-0.3, -0.25) is 21.2 Å². The van der Waals surface area contributed by atoms with Crippen LogP contribution in [0.25, 0.3) is 10.9 Å². The number of nitrogens with one attached hydrogen (secondary N) is 3. The fraction of sp³-hybridized carbons (Fsp3) is 0.316. The van der Waals surface area contributed by atoms with Gasteiger partial charge >= 0.3 is 0 Å². The van der Waals surface area contributed by atoms with E-state index in [2.05, 4.69) is 31.8 Å². The number of aromatic amines is 2. The van der Waals surface area contributed by atoms with Crippen LogP contribution >= 0.6 is 0 Å². The van der Waals surface area contributed by atoms with E-state index in [0.29, 0.717) is 6.54 Å². The summed E-state index contributed by atoms with van der Waals surface area (Å²) >= 11 is 0. The van der Waals surface area contributed by atoms with Gasteiger partial charge in [0.15, 0.2) is 6.35 Å². The van der Waals surface area contributed by atoms with Gasteiger partial charge in [-0.25, -0.2) is 4.99 Å². The van der Waals surface area contributed by atoms with E-state index in [9.17, 15) is 5.11 Å². The van der Waals surface area contributed by atoms with Crippen LogP contribution in [-0.4, -0.2) is 37.6 Å². The van der Waals surface area contributed by atoms with Gasteiger partial charge in [0, 0.05) is 23.7 Å². The van der Waals surface area contributed by atoms with E-state index in [0.717, 1.165) is 52.8 Å². The van der Waals surface area contributed by atoms with Crippen LogP contribution in [0.1, 0.15) is 36.9 Å². The van der Waals surface area contributed by atoms with Gasteiger partial charge < -0.3 is 5.11 Å². The summed E-state index contributed by atoms with van der Waals surface area (Å²) in [5.74, 6) is 0. The zero-order valence-electron chi connectivity index (χ0n) is 14.9. The first-order valence-corrected chi connectivity index (χ1v) is 9.12. The molecule has 1 aliphatic carbocycles. The van der Waals surface area contributed by atoms with Crippen molar-refractivity contribution in [2.45, 2.75) is 38.6 Å². The molecule has 4 rings (SSSR count). The molecule has 3 aromatic rings. The summed E-state index contributed by atoms with van der Waals surface area (Å²) in [6.07, 6.45) is 9.23. The summed E-state index contributed by atoms with van der Waals surface area (Å²) in [4.78, 5) is 4.97. The quantitative estimate of drug-likeness (QED) is 0.338. The maximum Gasteiger partial charge on any atom is 0.158 e. The molecular weight excluding hydrogens is 342 g/mol. The number of aliphatic hydroxyl groups is 1. The highest BCUT2D eigenvalue weighted by atomic mass is 16.3. The Bertz CT molecular complexity index is 983. The average molecular weight is 365 g/mol. The topological polar surface area (TPSA) is 128 Å². The Labute approximate surface area is 156 Å². The molecule has 1 aromatic carbocycles. The number of aliphatic hydroxyl groups excluding tert-OH is 1. The number of aliphatic imine (C=N–C) groups is 1. The molecule has 2 heterocycles. The molecule has 0 amide bonds. The molecule has 8 heteroatoms. The van der Waals surface area contributed by atoms with Gasteiger partial charge in [0.05, 0.1) is 28.8 Å². The summed E-state index contributed by atoms with van der Waals surface area (Å²) in [6.45, 7) is 0.351. The van der Waals surface area contributed by atoms with E-state index in [1.54, 1.807) is 6.20 Å². The number of fused-ring (bicyclic) bond motifs is 1. The number of H-pyrrole nitrogens is 2. The standard InChI is InChI=1S/C19H23N7O/c20-19(27)21-11-17-15(10-23-26-17)18(12-4-2-1-3-5-12)24-14-6-7-16-13(8-14)9-22-25-16/h4,6-10,19,21,27H,1-3,5,11,20H2,(H,22,25)(H,23,26)/b24-18+. The van der Waals surface area contributed by atoms with Crippen molar-refractivity contribution in [3.8, 4) is 0 Å². The number of aromatic nitrogens is 4. The van der Waals surface area contributed by atoms with Crippen LogP contribution in [0, 0.1) is 0 Å². The number of nitrogens with two attached hydrogens (primary N) is 1. The first kappa shape index (κ1) is 17.6. The van der Waals surface area contributed by atoms with E-state index >= 15 is 0 Å². The molecular formula is C19H23N7O. The number of hydrogen-bond acceptors (Lipinski definition) is 6. The van der Waals surface area contributed by atoms with Crippen molar-refractivity contribution in [1.82, 2.24) is 25.7 Å². The molecule has 2 aromatic heterocycles. The Morgan fingerprint density at radius 3 is 3.11 bits per heavy atom. The van der Waals surface area contributed by atoms with E-state index < -0.39 is 6.35 Å².